The molecule has 2 fully saturated rings. The number of carbonyl (C=O) groups excluding carboxylic acids is 2. The van der Waals surface area contributed by atoms with Crippen molar-refractivity contribution in [3.63, 3.8) is 0 Å². The topological polar surface area (TPSA) is 55.8 Å². The van der Waals surface area contributed by atoms with Gasteiger partial charge in [-0.3, -0.25) is 9.59 Å². The Kier molecular flexibility index (Phi) is 4.47. The van der Waals surface area contributed by atoms with Crippen molar-refractivity contribution < 1.29 is 19.1 Å². The summed E-state index contributed by atoms with van der Waals surface area (Å²) in [7, 11) is 0. The van der Waals surface area contributed by atoms with Crippen LogP contribution >= 0.6 is 0 Å². The quantitative estimate of drug-likeness (QED) is 0.563. The third-order valence-corrected chi connectivity index (χ3v) is 6.19. The first-order valence-corrected chi connectivity index (χ1v) is 10.1. The van der Waals surface area contributed by atoms with Crippen LogP contribution in [-0.2, 0) is 32.1 Å². The maximum atomic E-state index is 13.2. The fourth-order valence-electron chi connectivity index (χ4n) is 4.77. The molecule has 0 unspecified atom stereocenters. The molecule has 4 atom stereocenters. The molecule has 5 heteroatoms. The van der Waals surface area contributed by atoms with E-state index in [0.717, 1.165) is 12.0 Å². The maximum Gasteiger partial charge on any atom is 0.313 e. The van der Waals surface area contributed by atoms with E-state index >= 15 is 0 Å². The van der Waals surface area contributed by atoms with Gasteiger partial charge in [-0.25, -0.2) is 0 Å². The van der Waals surface area contributed by atoms with E-state index in [1.54, 1.807) is 0 Å². The lowest BCUT2D eigenvalue weighted by Crippen LogP contribution is -2.40. The van der Waals surface area contributed by atoms with Gasteiger partial charge < -0.3 is 14.4 Å². The van der Waals surface area contributed by atoms with E-state index in [9.17, 15) is 9.59 Å². The highest BCUT2D eigenvalue weighted by Gasteiger charge is 2.67. The van der Waals surface area contributed by atoms with Crippen LogP contribution in [0.2, 0.25) is 0 Å². The summed E-state index contributed by atoms with van der Waals surface area (Å²) < 4.78 is 11.7. The minimum absolute atomic E-state index is 0.00515. The van der Waals surface area contributed by atoms with E-state index in [2.05, 4.69) is 12.1 Å². The Bertz CT molecular complexity index is 942. The molecule has 0 aliphatic carbocycles. The first-order valence-electron chi connectivity index (χ1n) is 10.1. The van der Waals surface area contributed by atoms with Gasteiger partial charge in [0.15, 0.2) is 0 Å². The van der Waals surface area contributed by atoms with Gasteiger partial charge in [0.05, 0.1) is 18.6 Å². The van der Waals surface area contributed by atoms with Gasteiger partial charge in [0.2, 0.25) is 5.91 Å². The zero-order valence-electron chi connectivity index (χ0n) is 16.1. The molecule has 0 saturated carbocycles. The normalized spacial score (nSPS) is 29.3. The van der Waals surface area contributed by atoms with Gasteiger partial charge in [-0.15, -0.1) is 0 Å². The zero-order chi connectivity index (χ0) is 19.8. The second-order valence-corrected chi connectivity index (χ2v) is 7.99. The minimum atomic E-state index is -0.686. The van der Waals surface area contributed by atoms with Crippen molar-refractivity contribution in [2.45, 2.75) is 24.7 Å². The van der Waals surface area contributed by atoms with Crippen molar-refractivity contribution in [1.29, 1.82) is 0 Å². The van der Waals surface area contributed by atoms with Gasteiger partial charge in [-0.2, -0.15) is 0 Å². The highest BCUT2D eigenvalue weighted by Crippen LogP contribution is 2.52. The van der Waals surface area contributed by atoms with Crippen LogP contribution < -0.4 is 0 Å². The van der Waals surface area contributed by atoms with Crippen molar-refractivity contribution in [1.82, 2.24) is 4.90 Å². The van der Waals surface area contributed by atoms with Crippen molar-refractivity contribution in [2.24, 2.45) is 11.8 Å². The number of hydrogen-bond acceptors (Lipinski definition) is 4. The number of rotatable bonds is 6. The van der Waals surface area contributed by atoms with Crippen LogP contribution in [0.25, 0.3) is 0 Å². The maximum absolute atomic E-state index is 13.2. The van der Waals surface area contributed by atoms with Gasteiger partial charge >= 0.3 is 5.97 Å². The molecule has 2 aromatic rings. The standard InChI is InChI=1S/C24H23NO4/c26-22-21-20(23(27)28-15-18-9-5-2-6-10-18)19-11-13-24(21,29-19)16-25(22)14-12-17-7-3-1-4-8-17/h1-11,13,19-21H,12,14-16H2/t19-,20-,21+,24-/m1/s1. The molecule has 29 heavy (non-hydrogen) atoms. The first-order chi connectivity index (χ1) is 14.2. The first kappa shape index (κ1) is 18.1. The fraction of sp³-hybridized carbons (Fsp3) is 0.333. The summed E-state index contributed by atoms with van der Waals surface area (Å²) in [6.45, 7) is 1.33. The molecule has 1 spiro atoms. The van der Waals surface area contributed by atoms with Crippen LogP contribution in [0.5, 0.6) is 0 Å². The van der Waals surface area contributed by atoms with Crippen LogP contribution in [-0.4, -0.2) is 41.6 Å². The lowest BCUT2D eigenvalue weighted by molar-refractivity contribution is -0.155. The predicted molar refractivity (Wildman–Crippen MR) is 107 cm³/mol. The molecule has 2 bridgehead atoms. The van der Waals surface area contributed by atoms with Crippen molar-refractivity contribution >= 4 is 11.9 Å². The molecule has 1 amide bonds. The Morgan fingerprint density at radius 1 is 1.07 bits per heavy atom. The van der Waals surface area contributed by atoms with Gasteiger partial charge in [0, 0.05) is 6.54 Å². The molecular weight excluding hydrogens is 366 g/mol. The van der Waals surface area contributed by atoms with Crippen LogP contribution in [0, 0.1) is 11.8 Å². The minimum Gasteiger partial charge on any atom is -0.460 e. The molecule has 3 aliphatic heterocycles. The Morgan fingerprint density at radius 2 is 1.76 bits per heavy atom. The SMILES string of the molecule is O=C(OCc1ccccc1)[C@H]1[C@H]2C(=O)N(CCc3ccccc3)C[C@]23C=C[C@H]1O3. The van der Waals surface area contributed by atoms with E-state index < -0.39 is 17.4 Å². The number of amides is 1. The third kappa shape index (κ3) is 3.15. The number of esters is 1. The van der Waals surface area contributed by atoms with E-state index in [4.69, 9.17) is 9.47 Å². The molecule has 3 aliphatic rings. The largest absolute Gasteiger partial charge is 0.460 e. The molecular formula is C24H23NO4. The van der Waals surface area contributed by atoms with Crippen molar-refractivity contribution in [2.75, 3.05) is 13.1 Å². The van der Waals surface area contributed by atoms with E-state index in [1.165, 1.54) is 5.56 Å². The number of fused-ring (bicyclic) bond motifs is 1. The second kappa shape index (κ2) is 7.16. The summed E-state index contributed by atoms with van der Waals surface area (Å²) in [5, 5.41) is 0. The lowest BCUT2D eigenvalue weighted by Gasteiger charge is -2.22. The highest BCUT2D eigenvalue weighted by atomic mass is 16.6. The Balaban J connectivity index is 1.28. The van der Waals surface area contributed by atoms with Crippen molar-refractivity contribution in [3.05, 3.63) is 83.9 Å². The molecule has 0 aromatic heterocycles. The average Bonchev–Trinajstić information content (AvgIpc) is 3.40. The smallest absolute Gasteiger partial charge is 0.313 e. The van der Waals surface area contributed by atoms with Crippen molar-refractivity contribution in [3.8, 4) is 0 Å². The number of benzene rings is 2. The molecule has 5 nitrogen and oxygen atoms in total. The number of nitrogens with zero attached hydrogens (tertiary/aromatic N) is 1. The van der Waals surface area contributed by atoms with Gasteiger partial charge in [-0.05, 0) is 17.5 Å². The molecule has 5 rings (SSSR count). The van der Waals surface area contributed by atoms with E-state index in [-0.39, 0.29) is 24.6 Å². The molecule has 3 heterocycles. The molecule has 0 N–H and O–H groups in total. The van der Waals surface area contributed by atoms with Gasteiger partial charge in [0.1, 0.15) is 18.1 Å². The fourth-order valence-corrected chi connectivity index (χ4v) is 4.77. The molecule has 148 valence electrons. The number of hydrogen-bond donors (Lipinski definition) is 0. The van der Waals surface area contributed by atoms with Gasteiger partial charge in [0.25, 0.3) is 0 Å². The van der Waals surface area contributed by atoms with E-state index in [1.807, 2.05) is 65.6 Å². The molecule has 0 radical (unpaired) electrons. The predicted octanol–water partition coefficient (Wildman–Crippen LogP) is 2.75. The summed E-state index contributed by atoms with van der Waals surface area (Å²) in [6.07, 6.45) is 4.30. The summed E-state index contributed by atoms with van der Waals surface area (Å²) >= 11 is 0. The van der Waals surface area contributed by atoms with Crippen LogP contribution in [0.15, 0.2) is 72.8 Å². The Labute approximate surface area is 169 Å². The summed E-state index contributed by atoms with van der Waals surface area (Å²) in [6, 6.07) is 19.7. The second-order valence-electron chi connectivity index (χ2n) is 7.99. The zero-order valence-corrected chi connectivity index (χ0v) is 16.1. The van der Waals surface area contributed by atoms with E-state index in [0.29, 0.717) is 13.1 Å². The summed E-state index contributed by atoms with van der Waals surface area (Å²) in [4.78, 5) is 27.9. The number of likely N-dealkylation sites (tertiary alicyclic amines) is 1. The summed E-state index contributed by atoms with van der Waals surface area (Å²) in [5.74, 6) is -1.42. The number of carbonyl (C=O) groups is 2. The van der Waals surface area contributed by atoms with Crippen LogP contribution in [0.1, 0.15) is 11.1 Å². The van der Waals surface area contributed by atoms with Crippen LogP contribution in [0.4, 0.5) is 0 Å². The monoisotopic (exact) mass is 389 g/mol. The van der Waals surface area contributed by atoms with Crippen LogP contribution in [0.3, 0.4) is 0 Å². The lowest BCUT2D eigenvalue weighted by atomic mass is 9.77. The average molecular weight is 389 g/mol. The Hall–Kier alpha value is -2.92. The number of ether oxygens (including phenoxy) is 2. The third-order valence-electron chi connectivity index (χ3n) is 6.19. The molecule has 2 aromatic carbocycles. The highest BCUT2D eigenvalue weighted by molar-refractivity contribution is 5.91. The van der Waals surface area contributed by atoms with Gasteiger partial charge in [-0.1, -0.05) is 72.8 Å². The Morgan fingerprint density at radius 3 is 2.48 bits per heavy atom. The molecule has 2 saturated heterocycles. The summed E-state index contributed by atoms with van der Waals surface area (Å²) in [5.41, 5.74) is 1.43.